The van der Waals surface area contributed by atoms with Crippen molar-refractivity contribution in [3.05, 3.63) is 0 Å². The fraction of sp³-hybridized carbons (Fsp3) is 0.833. The number of hydrogen-bond acceptors (Lipinski definition) is 12. The second kappa shape index (κ2) is 8.15. The molecule has 0 aromatic carbocycles. The van der Waals surface area contributed by atoms with E-state index in [1.54, 1.807) is 0 Å². The smallest absolute Gasteiger partial charge is 0.506 e. The summed E-state index contributed by atoms with van der Waals surface area (Å²) in [5.41, 5.74) is 0. The lowest BCUT2D eigenvalue weighted by molar-refractivity contribution is -0.344. The van der Waals surface area contributed by atoms with Crippen molar-refractivity contribution >= 4 is 21.8 Å². The van der Waals surface area contributed by atoms with E-state index in [-0.39, 0.29) is 0 Å². The number of phosphoric acid groups is 2. The molecule has 0 aromatic rings. The van der Waals surface area contributed by atoms with Crippen LogP contribution in [-0.2, 0) is 22.9 Å². The van der Waals surface area contributed by atoms with Crippen molar-refractivity contribution in [2.45, 2.75) is 18.3 Å². The summed E-state index contributed by atoms with van der Waals surface area (Å²) in [6, 6.07) is 0. The first-order chi connectivity index (χ1) is 9.32. The molecule has 0 amide bonds. The average Bonchev–Trinajstić information content (AvgIpc) is 2.28. The zero-order valence-corrected chi connectivity index (χ0v) is 11.8. The molecule has 3 N–H and O–H groups in total. The van der Waals surface area contributed by atoms with Crippen molar-refractivity contribution in [3.63, 3.8) is 0 Å². The lowest BCUT2D eigenvalue weighted by Crippen LogP contribution is -2.45. The Hall–Kier alpha value is -0.590. The first-order valence-electron chi connectivity index (χ1n) is 4.91. The molecular formula is C6H10O13P2-4. The van der Waals surface area contributed by atoms with Crippen LogP contribution < -0.4 is 19.6 Å². The van der Waals surface area contributed by atoms with Gasteiger partial charge in [0.25, 0.3) is 0 Å². The van der Waals surface area contributed by atoms with Crippen LogP contribution in [0.3, 0.4) is 0 Å². The molecule has 0 saturated heterocycles. The zero-order valence-electron chi connectivity index (χ0n) is 9.96. The van der Waals surface area contributed by atoms with Crippen molar-refractivity contribution in [1.29, 1.82) is 0 Å². The molecule has 15 heteroatoms. The summed E-state index contributed by atoms with van der Waals surface area (Å²) in [4.78, 5) is 51.1. The van der Waals surface area contributed by atoms with Gasteiger partial charge >= 0.3 is 6.16 Å². The Bertz CT molecular complexity index is 424. The minimum atomic E-state index is -5.52. The average molecular weight is 352 g/mol. The minimum absolute atomic E-state index is 1.25. The molecule has 0 aromatic heterocycles. The van der Waals surface area contributed by atoms with Gasteiger partial charge in [0, 0.05) is 0 Å². The highest BCUT2D eigenvalue weighted by Gasteiger charge is 2.30. The Morgan fingerprint density at radius 1 is 1.00 bits per heavy atom. The van der Waals surface area contributed by atoms with Crippen LogP contribution in [-0.4, -0.2) is 53.0 Å². The van der Waals surface area contributed by atoms with Crippen LogP contribution in [0.5, 0.6) is 0 Å². The Morgan fingerprint density at radius 3 is 1.81 bits per heavy atom. The van der Waals surface area contributed by atoms with Crippen LogP contribution in [0.1, 0.15) is 0 Å². The number of phosphoric ester groups is 2. The molecule has 0 aliphatic rings. The van der Waals surface area contributed by atoms with E-state index in [1.807, 2.05) is 0 Å². The molecule has 3 atom stereocenters. The van der Waals surface area contributed by atoms with E-state index in [9.17, 15) is 43.7 Å². The zero-order chi connectivity index (χ0) is 16.8. The minimum Gasteiger partial charge on any atom is -0.790 e. The van der Waals surface area contributed by atoms with E-state index in [2.05, 4.69) is 13.8 Å². The Kier molecular flexibility index (Phi) is 7.92. The maximum Gasteiger partial charge on any atom is 0.506 e. The number of hydrogen-bond donors (Lipinski definition) is 3. The predicted octanol–water partition coefficient (Wildman–Crippen LogP) is -4.54. The highest BCUT2D eigenvalue weighted by molar-refractivity contribution is 7.43. The Labute approximate surface area is 117 Å². The summed E-state index contributed by atoms with van der Waals surface area (Å²) >= 11 is 0. The van der Waals surface area contributed by atoms with Crippen LogP contribution in [0.2, 0.25) is 0 Å². The fourth-order valence-corrected chi connectivity index (χ4v) is 1.68. The largest absolute Gasteiger partial charge is 0.790 e. The summed E-state index contributed by atoms with van der Waals surface area (Å²) in [6.45, 7) is -2.53. The topological polar surface area (TPSA) is 232 Å². The number of aliphatic hydroxyl groups is 2. The third kappa shape index (κ3) is 10.7. The monoisotopic (exact) mass is 352 g/mol. The SMILES string of the molecule is O=C(O)O[C@H](COP(=O)([O-])[O-])[C@H](O)[C@H](O)COP(=O)([O-])[O-]. The number of ether oxygens (including phenoxy) is 1. The maximum absolute atomic E-state index is 10.3. The molecule has 0 rings (SSSR count). The molecule has 0 aliphatic heterocycles. The second-order valence-corrected chi connectivity index (χ2v) is 5.77. The molecule has 0 spiro atoms. The van der Waals surface area contributed by atoms with Gasteiger partial charge in [-0.2, -0.15) is 0 Å². The van der Waals surface area contributed by atoms with Crippen LogP contribution in [0, 0.1) is 0 Å². The Morgan fingerprint density at radius 2 is 1.43 bits per heavy atom. The lowest BCUT2D eigenvalue weighted by Gasteiger charge is -2.34. The summed E-state index contributed by atoms with van der Waals surface area (Å²) < 4.78 is 31.6. The molecular weight excluding hydrogens is 342 g/mol. The van der Waals surface area contributed by atoms with Gasteiger partial charge < -0.3 is 57.8 Å². The van der Waals surface area contributed by atoms with E-state index in [0.29, 0.717) is 0 Å². The standard InChI is InChI=1S/C6H14O13P2/c7-3(1-17-20(11,12)13)5(8)4(19-6(9)10)2-18-21(14,15)16/h3-5,7-8H,1-2H2,(H,9,10)(H2,11,12,13)(H2,14,15,16)/p-4/t3-,4-,5-/m1/s1. The molecule has 0 fully saturated rings. The fourth-order valence-electron chi connectivity index (χ4n) is 1.01. The van der Waals surface area contributed by atoms with Crippen LogP contribution in [0.25, 0.3) is 0 Å². The summed E-state index contributed by atoms with van der Waals surface area (Å²) in [5.74, 6) is 0. The van der Waals surface area contributed by atoms with Gasteiger partial charge in [-0.25, -0.2) is 4.79 Å². The van der Waals surface area contributed by atoms with Crippen molar-refractivity contribution in [1.82, 2.24) is 0 Å². The Balaban J connectivity index is 4.69. The molecule has 0 bridgehead atoms. The van der Waals surface area contributed by atoms with E-state index < -0.39 is 53.3 Å². The van der Waals surface area contributed by atoms with Gasteiger partial charge in [-0.1, -0.05) is 0 Å². The van der Waals surface area contributed by atoms with Crippen molar-refractivity contribution < 1.29 is 62.6 Å². The molecule has 0 radical (unpaired) electrons. The van der Waals surface area contributed by atoms with Gasteiger partial charge in [0.15, 0.2) is 6.10 Å². The van der Waals surface area contributed by atoms with E-state index in [4.69, 9.17) is 5.11 Å². The predicted molar refractivity (Wildman–Crippen MR) is 52.0 cm³/mol. The van der Waals surface area contributed by atoms with Gasteiger partial charge in [-0.3, -0.25) is 0 Å². The third-order valence-corrected chi connectivity index (χ3v) is 2.76. The third-order valence-electron chi connectivity index (χ3n) is 1.83. The quantitative estimate of drug-likeness (QED) is 0.262. The van der Waals surface area contributed by atoms with Gasteiger partial charge in [0.05, 0.1) is 28.9 Å². The molecule has 126 valence electrons. The van der Waals surface area contributed by atoms with Crippen molar-refractivity contribution in [2.24, 2.45) is 0 Å². The molecule has 0 aliphatic carbocycles. The van der Waals surface area contributed by atoms with Crippen LogP contribution in [0.15, 0.2) is 0 Å². The lowest BCUT2D eigenvalue weighted by atomic mass is 10.1. The summed E-state index contributed by atoms with van der Waals surface area (Å²) in [6.07, 6.45) is -8.46. The first kappa shape index (κ1) is 20.4. The van der Waals surface area contributed by atoms with Crippen molar-refractivity contribution in [3.8, 4) is 0 Å². The van der Waals surface area contributed by atoms with Crippen molar-refractivity contribution in [2.75, 3.05) is 13.2 Å². The first-order valence-corrected chi connectivity index (χ1v) is 7.83. The second-order valence-electron chi connectivity index (χ2n) is 3.47. The van der Waals surface area contributed by atoms with Crippen LogP contribution in [0.4, 0.5) is 4.79 Å². The highest BCUT2D eigenvalue weighted by atomic mass is 31.2. The number of carboxylic acid groups (broad SMARTS) is 1. The molecule has 13 nitrogen and oxygen atoms in total. The van der Waals surface area contributed by atoms with Gasteiger partial charge in [0.2, 0.25) is 0 Å². The molecule has 0 unspecified atom stereocenters. The van der Waals surface area contributed by atoms with Gasteiger partial charge in [-0.05, 0) is 0 Å². The normalized spacial score (nSPS) is 17.0. The van der Waals surface area contributed by atoms with E-state index in [1.165, 1.54) is 0 Å². The van der Waals surface area contributed by atoms with Crippen LogP contribution >= 0.6 is 15.6 Å². The molecule has 0 heterocycles. The van der Waals surface area contributed by atoms with Gasteiger partial charge in [-0.15, -0.1) is 0 Å². The van der Waals surface area contributed by atoms with E-state index >= 15 is 0 Å². The number of rotatable bonds is 9. The molecule has 21 heavy (non-hydrogen) atoms. The molecule has 0 saturated carbocycles. The summed E-state index contributed by atoms with van der Waals surface area (Å²) in [5, 5.41) is 27.0. The number of aliphatic hydroxyl groups excluding tert-OH is 2. The summed E-state index contributed by atoms with van der Waals surface area (Å²) in [7, 11) is -11.0. The van der Waals surface area contributed by atoms with Gasteiger partial charge in [0.1, 0.15) is 12.2 Å². The maximum atomic E-state index is 10.3. The van der Waals surface area contributed by atoms with E-state index in [0.717, 1.165) is 0 Å². The highest BCUT2D eigenvalue weighted by Crippen LogP contribution is 2.27. The number of carbonyl (C=O) groups is 1.